The van der Waals surface area contributed by atoms with E-state index in [-0.39, 0.29) is 29.8 Å². The number of halogens is 3. The molecule has 204 valence electrons. The minimum absolute atomic E-state index is 0.00468. The molecular weight excluding hydrogens is 503 g/mol. The Balaban J connectivity index is 1.61. The molecule has 4 rings (SSSR count). The Hall–Kier alpha value is -3.57. The number of fused-ring (bicyclic) bond motifs is 1. The molecule has 2 amide bonds. The number of methoxy groups -OCH3 is 1. The summed E-state index contributed by atoms with van der Waals surface area (Å²) in [6.07, 6.45) is -0.937. The summed E-state index contributed by atoms with van der Waals surface area (Å²) < 4.78 is 46.2. The van der Waals surface area contributed by atoms with Gasteiger partial charge < -0.3 is 29.8 Å². The van der Waals surface area contributed by atoms with E-state index in [1.54, 1.807) is 30.1 Å². The van der Waals surface area contributed by atoms with Crippen LogP contribution in [0.3, 0.4) is 0 Å². The Bertz CT molecular complexity index is 1280. The molecule has 3 aromatic rings. The number of hydrogen-bond acceptors (Lipinski definition) is 5. The van der Waals surface area contributed by atoms with Gasteiger partial charge in [0, 0.05) is 47.8 Å². The van der Waals surface area contributed by atoms with Crippen LogP contribution in [0.2, 0.25) is 0 Å². The van der Waals surface area contributed by atoms with Crippen molar-refractivity contribution in [3.8, 4) is 5.75 Å². The van der Waals surface area contributed by atoms with E-state index in [0.29, 0.717) is 22.2 Å². The van der Waals surface area contributed by atoms with E-state index in [0.717, 1.165) is 44.2 Å². The first-order chi connectivity index (χ1) is 18.1. The Morgan fingerprint density at radius 3 is 2.45 bits per heavy atom. The van der Waals surface area contributed by atoms with Crippen LogP contribution in [0.25, 0.3) is 10.9 Å². The maximum absolute atomic E-state index is 13.0. The zero-order chi connectivity index (χ0) is 27.4. The van der Waals surface area contributed by atoms with E-state index in [1.807, 2.05) is 0 Å². The number of carbonyl (C=O) groups excluding carboxylic acids is 2. The highest BCUT2D eigenvalue weighted by Crippen LogP contribution is 2.35. The molecule has 0 aliphatic heterocycles. The average molecular weight is 534 g/mol. The van der Waals surface area contributed by atoms with Crippen LogP contribution in [0.4, 0.5) is 24.7 Å². The third kappa shape index (κ3) is 6.28. The highest BCUT2D eigenvalue weighted by molar-refractivity contribution is 6.06. The van der Waals surface area contributed by atoms with Crippen LogP contribution < -0.4 is 15.0 Å². The van der Waals surface area contributed by atoms with Crippen molar-refractivity contribution in [3.05, 3.63) is 53.6 Å². The summed E-state index contributed by atoms with van der Waals surface area (Å²) >= 11 is 0. The summed E-state index contributed by atoms with van der Waals surface area (Å²) in [7, 11) is 3.17. The number of anilines is 2. The summed E-state index contributed by atoms with van der Waals surface area (Å²) in [6, 6.07) is 9.81. The molecule has 1 aliphatic carbocycles. The van der Waals surface area contributed by atoms with Crippen LogP contribution in [-0.2, 0) is 9.53 Å². The van der Waals surface area contributed by atoms with Crippen molar-refractivity contribution in [1.82, 2.24) is 4.98 Å². The molecule has 1 unspecified atom stereocenters. The molecule has 3 N–H and O–H groups in total. The molecule has 2 aromatic carbocycles. The molecule has 0 bridgehead atoms. The summed E-state index contributed by atoms with van der Waals surface area (Å²) in [5.74, 6) is -0.790. The zero-order valence-electron chi connectivity index (χ0n) is 21.1. The third-order valence-corrected chi connectivity index (χ3v) is 6.74. The molecule has 0 radical (unpaired) electrons. The number of H-pyrrole nitrogens is 1. The standard InChI is InChI=1S/C27H30F3N3O5/c1-33(26(36)17-6-4-3-5-7-17)18-10-13-20-21(14-18)31-24(23(20)22(34)15-37-2)32-25(35)16-8-11-19(12-9-16)38-27(28,29)30/h8-14,17,22,31,34H,3-7,15H2,1-2H3,(H,32,35). The van der Waals surface area contributed by atoms with Crippen molar-refractivity contribution in [2.75, 3.05) is 31.0 Å². The van der Waals surface area contributed by atoms with E-state index >= 15 is 0 Å². The Morgan fingerprint density at radius 1 is 1.13 bits per heavy atom. The number of hydrogen-bond donors (Lipinski definition) is 3. The lowest BCUT2D eigenvalue weighted by Gasteiger charge is -2.26. The fourth-order valence-corrected chi connectivity index (χ4v) is 4.85. The fourth-order valence-electron chi connectivity index (χ4n) is 4.85. The SMILES string of the molecule is COCC(O)c1c(NC(=O)c2ccc(OC(F)(F)F)cc2)[nH]c2cc(N(C)C(=O)C3CCCCC3)ccc12. The van der Waals surface area contributed by atoms with Gasteiger partial charge in [-0.2, -0.15) is 0 Å². The Labute approximate surface area is 217 Å². The number of benzene rings is 2. The molecule has 1 aromatic heterocycles. The van der Waals surface area contributed by atoms with Gasteiger partial charge in [-0.25, -0.2) is 0 Å². The number of ether oxygens (including phenoxy) is 2. The van der Waals surface area contributed by atoms with Crippen molar-refractivity contribution in [2.45, 2.75) is 44.6 Å². The van der Waals surface area contributed by atoms with Gasteiger partial charge in [0.15, 0.2) is 0 Å². The maximum Gasteiger partial charge on any atom is 0.573 e. The second-order valence-corrected chi connectivity index (χ2v) is 9.37. The summed E-state index contributed by atoms with van der Waals surface area (Å²) in [5, 5.41) is 14.1. The second-order valence-electron chi connectivity index (χ2n) is 9.37. The summed E-state index contributed by atoms with van der Waals surface area (Å²) in [4.78, 5) is 30.7. The first-order valence-electron chi connectivity index (χ1n) is 12.3. The highest BCUT2D eigenvalue weighted by atomic mass is 19.4. The van der Waals surface area contributed by atoms with Gasteiger partial charge >= 0.3 is 6.36 Å². The van der Waals surface area contributed by atoms with Gasteiger partial charge in [0.25, 0.3) is 5.91 Å². The van der Waals surface area contributed by atoms with Crippen LogP contribution in [0.5, 0.6) is 5.75 Å². The van der Waals surface area contributed by atoms with Crippen LogP contribution in [0.1, 0.15) is 54.1 Å². The monoisotopic (exact) mass is 533 g/mol. The molecule has 1 saturated carbocycles. The first kappa shape index (κ1) is 27.5. The van der Waals surface area contributed by atoms with E-state index in [2.05, 4.69) is 15.0 Å². The number of aliphatic hydroxyl groups is 1. The third-order valence-electron chi connectivity index (χ3n) is 6.74. The lowest BCUT2D eigenvalue weighted by molar-refractivity contribution is -0.274. The maximum atomic E-state index is 13.0. The number of aromatic nitrogens is 1. The Morgan fingerprint density at radius 2 is 1.82 bits per heavy atom. The van der Waals surface area contributed by atoms with E-state index in [9.17, 15) is 27.9 Å². The average Bonchev–Trinajstić information content (AvgIpc) is 3.25. The van der Waals surface area contributed by atoms with Crippen LogP contribution in [0, 0.1) is 5.92 Å². The van der Waals surface area contributed by atoms with Crippen molar-refractivity contribution in [2.24, 2.45) is 5.92 Å². The van der Waals surface area contributed by atoms with Gasteiger partial charge in [-0.3, -0.25) is 9.59 Å². The number of rotatable bonds is 8. The van der Waals surface area contributed by atoms with Gasteiger partial charge in [0.05, 0.1) is 6.61 Å². The largest absolute Gasteiger partial charge is 0.573 e. The quantitative estimate of drug-likeness (QED) is 0.353. The lowest BCUT2D eigenvalue weighted by atomic mass is 9.88. The molecule has 0 saturated heterocycles. The van der Waals surface area contributed by atoms with Crippen LogP contribution >= 0.6 is 0 Å². The van der Waals surface area contributed by atoms with Crippen LogP contribution in [0.15, 0.2) is 42.5 Å². The van der Waals surface area contributed by atoms with Crippen molar-refractivity contribution in [1.29, 1.82) is 0 Å². The minimum atomic E-state index is -4.84. The van der Waals surface area contributed by atoms with Crippen molar-refractivity contribution < 1.29 is 37.3 Å². The predicted molar refractivity (Wildman–Crippen MR) is 136 cm³/mol. The Kier molecular flexibility index (Phi) is 8.27. The number of amides is 2. The number of aliphatic hydroxyl groups excluding tert-OH is 1. The molecule has 1 aliphatic rings. The van der Waals surface area contributed by atoms with Gasteiger partial charge in [0.1, 0.15) is 17.7 Å². The van der Waals surface area contributed by atoms with Gasteiger partial charge in [0.2, 0.25) is 5.91 Å². The molecule has 11 heteroatoms. The smallest absolute Gasteiger partial charge is 0.406 e. The highest BCUT2D eigenvalue weighted by Gasteiger charge is 2.31. The first-order valence-corrected chi connectivity index (χ1v) is 12.3. The van der Waals surface area contributed by atoms with Gasteiger partial charge in [-0.1, -0.05) is 25.3 Å². The van der Waals surface area contributed by atoms with Crippen LogP contribution in [-0.4, -0.2) is 49.0 Å². The molecular formula is C27H30F3N3O5. The molecule has 1 fully saturated rings. The summed E-state index contributed by atoms with van der Waals surface area (Å²) in [6.45, 7) is -0.0406. The number of alkyl halides is 3. The predicted octanol–water partition coefficient (Wildman–Crippen LogP) is 5.54. The number of nitrogens with one attached hydrogen (secondary N) is 2. The molecule has 0 spiro atoms. The zero-order valence-corrected chi connectivity index (χ0v) is 21.1. The normalized spacial score (nSPS) is 15.3. The number of carbonyl (C=O) groups is 2. The lowest BCUT2D eigenvalue weighted by Crippen LogP contribution is -2.33. The minimum Gasteiger partial charge on any atom is -0.406 e. The van der Waals surface area contributed by atoms with E-state index in [1.165, 1.54) is 19.2 Å². The second kappa shape index (κ2) is 11.4. The molecule has 8 nitrogen and oxygen atoms in total. The molecule has 1 heterocycles. The van der Waals surface area contributed by atoms with Gasteiger partial charge in [-0.15, -0.1) is 13.2 Å². The fraction of sp³-hybridized carbons (Fsp3) is 0.407. The van der Waals surface area contributed by atoms with E-state index in [4.69, 9.17) is 4.74 Å². The number of aromatic amines is 1. The van der Waals surface area contributed by atoms with Crippen molar-refractivity contribution in [3.63, 3.8) is 0 Å². The molecule has 38 heavy (non-hydrogen) atoms. The molecule has 1 atom stereocenters. The van der Waals surface area contributed by atoms with Crippen molar-refractivity contribution >= 4 is 34.2 Å². The van der Waals surface area contributed by atoms with Gasteiger partial charge in [-0.05, 0) is 49.2 Å². The summed E-state index contributed by atoms with van der Waals surface area (Å²) in [5.41, 5.74) is 1.73. The van der Waals surface area contributed by atoms with E-state index < -0.39 is 24.1 Å². The topological polar surface area (TPSA) is 104 Å². The number of nitrogens with zero attached hydrogens (tertiary/aromatic N) is 1.